The van der Waals surface area contributed by atoms with Gasteiger partial charge in [-0.25, -0.2) is 0 Å². The maximum absolute atomic E-state index is 5.80. The third kappa shape index (κ3) is 12.5. The normalized spacial score (nSPS) is 10.9. The van der Waals surface area contributed by atoms with Crippen LogP contribution in [0.15, 0.2) is 76.5 Å². The van der Waals surface area contributed by atoms with Crippen molar-refractivity contribution >= 4 is 68.0 Å². The van der Waals surface area contributed by atoms with E-state index in [9.17, 15) is 0 Å². The quantitative estimate of drug-likeness (QED) is 0.0936. The van der Waals surface area contributed by atoms with Gasteiger partial charge in [-0.1, -0.05) is 156 Å². The summed E-state index contributed by atoms with van der Waals surface area (Å²) < 4.78 is 1.51. The fraction of sp³-hybridized carbons (Fsp3) is 0.429. The molecule has 0 spiro atoms. The van der Waals surface area contributed by atoms with Crippen molar-refractivity contribution in [3.8, 4) is 0 Å². The summed E-state index contributed by atoms with van der Waals surface area (Å²) in [6.45, 7) is 6.63. The molecule has 0 fully saturated rings. The molecule has 0 heterocycles. The van der Waals surface area contributed by atoms with Crippen LogP contribution in [0.2, 0.25) is 0 Å². The first-order valence-electron chi connectivity index (χ1n) is 15.2. The monoisotopic (exact) mass is 622 g/mol. The van der Waals surface area contributed by atoms with Crippen molar-refractivity contribution in [3.63, 3.8) is 0 Å². The zero-order valence-corrected chi connectivity index (χ0v) is 28.2. The standard InChI is InChI=1S/C35H46N2S4/c1-4-6-8-10-12-18-28-20-14-16-22-32(28)40-34(38)36-30-25-24-27(3)31(26-30)37-35(39)41-33-23-17-15-21-29(33)19-13-11-9-7-5-2/h14-17,20-26H,4-13,18-19H2,1-3H3,(H,36,38)(H,37,39). The van der Waals surface area contributed by atoms with Gasteiger partial charge in [0.25, 0.3) is 0 Å². The molecule has 0 saturated carbocycles. The molecule has 0 amide bonds. The second kappa shape index (κ2) is 19.4. The number of thiocarbonyl (C=S) groups is 2. The van der Waals surface area contributed by atoms with Gasteiger partial charge >= 0.3 is 0 Å². The van der Waals surface area contributed by atoms with E-state index in [0.29, 0.717) is 0 Å². The van der Waals surface area contributed by atoms with Crippen molar-refractivity contribution in [1.29, 1.82) is 0 Å². The molecule has 41 heavy (non-hydrogen) atoms. The molecule has 0 aliphatic carbocycles. The van der Waals surface area contributed by atoms with Crippen LogP contribution in [0, 0.1) is 6.92 Å². The largest absolute Gasteiger partial charge is 0.341 e. The number of aryl methyl sites for hydroxylation is 3. The molecule has 0 bridgehead atoms. The highest BCUT2D eigenvalue weighted by Crippen LogP contribution is 2.30. The van der Waals surface area contributed by atoms with Crippen molar-refractivity contribution in [1.82, 2.24) is 0 Å². The van der Waals surface area contributed by atoms with Gasteiger partial charge in [-0.05, 0) is 73.6 Å². The van der Waals surface area contributed by atoms with Gasteiger partial charge in [-0.2, -0.15) is 0 Å². The lowest BCUT2D eigenvalue weighted by molar-refractivity contribution is 0.630. The zero-order valence-electron chi connectivity index (χ0n) is 25.0. The van der Waals surface area contributed by atoms with Gasteiger partial charge in [0, 0.05) is 21.2 Å². The van der Waals surface area contributed by atoms with Crippen LogP contribution in [0.4, 0.5) is 11.4 Å². The van der Waals surface area contributed by atoms with Gasteiger partial charge < -0.3 is 10.6 Å². The fourth-order valence-corrected chi connectivity index (χ4v) is 7.16. The van der Waals surface area contributed by atoms with Crippen LogP contribution in [0.5, 0.6) is 0 Å². The Balaban J connectivity index is 1.56. The third-order valence-corrected chi connectivity index (χ3v) is 9.69. The molecular formula is C35H46N2S4. The molecule has 0 aliphatic rings. The van der Waals surface area contributed by atoms with E-state index in [-0.39, 0.29) is 0 Å². The van der Waals surface area contributed by atoms with Crippen molar-refractivity contribution in [3.05, 3.63) is 83.4 Å². The molecule has 0 radical (unpaired) electrons. The summed E-state index contributed by atoms with van der Waals surface area (Å²) in [5.41, 5.74) is 5.88. The Labute approximate surface area is 268 Å². The lowest BCUT2D eigenvalue weighted by atomic mass is 10.1. The summed E-state index contributed by atoms with van der Waals surface area (Å²) in [6, 6.07) is 23.6. The lowest BCUT2D eigenvalue weighted by Crippen LogP contribution is -2.09. The number of nitrogens with one attached hydrogen (secondary N) is 2. The maximum Gasteiger partial charge on any atom is 0.143 e. The number of hydrogen-bond acceptors (Lipinski definition) is 4. The molecular weight excluding hydrogens is 577 g/mol. The fourth-order valence-electron chi connectivity index (χ4n) is 4.77. The minimum Gasteiger partial charge on any atom is -0.341 e. The molecule has 3 rings (SSSR count). The van der Waals surface area contributed by atoms with E-state index in [0.717, 1.165) is 38.4 Å². The molecule has 0 unspecified atom stereocenters. The molecule has 0 aliphatic heterocycles. The Morgan fingerprint density at radius 1 is 0.610 bits per heavy atom. The molecule has 2 nitrogen and oxygen atoms in total. The molecule has 3 aromatic carbocycles. The number of thioether (sulfide) groups is 2. The molecule has 0 atom stereocenters. The van der Waals surface area contributed by atoms with Gasteiger partial charge in [-0.3, -0.25) is 0 Å². The Kier molecular flexibility index (Phi) is 15.9. The first-order valence-corrected chi connectivity index (χ1v) is 17.7. The predicted octanol–water partition coefficient (Wildman–Crippen LogP) is 12.0. The molecule has 3 aromatic rings. The first kappa shape index (κ1) is 33.6. The average Bonchev–Trinajstić information content (AvgIpc) is 2.96. The number of benzene rings is 3. The Morgan fingerprint density at radius 3 is 1.63 bits per heavy atom. The van der Waals surface area contributed by atoms with Crippen LogP contribution in [0.1, 0.15) is 94.7 Å². The Hall–Kier alpha value is -1.86. The molecule has 0 saturated heterocycles. The van der Waals surface area contributed by atoms with Crippen molar-refractivity contribution < 1.29 is 0 Å². The van der Waals surface area contributed by atoms with Gasteiger partial charge in [-0.15, -0.1) is 0 Å². The van der Waals surface area contributed by atoms with Crippen LogP contribution >= 0.6 is 48.0 Å². The van der Waals surface area contributed by atoms with Gasteiger partial charge in [0.2, 0.25) is 0 Å². The maximum atomic E-state index is 5.80. The number of rotatable bonds is 16. The van der Waals surface area contributed by atoms with E-state index < -0.39 is 0 Å². The van der Waals surface area contributed by atoms with Gasteiger partial charge in [0.15, 0.2) is 0 Å². The Bertz CT molecular complexity index is 1240. The van der Waals surface area contributed by atoms with E-state index in [4.69, 9.17) is 24.4 Å². The topological polar surface area (TPSA) is 24.1 Å². The zero-order chi connectivity index (χ0) is 29.3. The van der Waals surface area contributed by atoms with E-state index >= 15 is 0 Å². The highest BCUT2D eigenvalue weighted by Gasteiger charge is 2.11. The third-order valence-electron chi connectivity index (χ3n) is 7.17. The van der Waals surface area contributed by atoms with Gasteiger partial charge in [0.05, 0.1) is 0 Å². The summed E-state index contributed by atoms with van der Waals surface area (Å²) >= 11 is 14.9. The summed E-state index contributed by atoms with van der Waals surface area (Å²) in [4.78, 5) is 2.49. The van der Waals surface area contributed by atoms with Crippen molar-refractivity contribution in [2.75, 3.05) is 10.6 Å². The van der Waals surface area contributed by atoms with E-state index in [2.05, 4.69) is 98.1 Å². The highest BCUT2D eigenvalue weighted by molar-refractivity contribution is 8.23. The SMILES string of the molecule is CCCCCCCc1ccccc1SC(=S)Nc1ccc(C)c(NC(=S)Sc2ccccc2CCCCCCC)c1. The summed E-state index contributed by atoms with van der Waals surface area (Å²) in [7, 11) is 0. The van der Waals surface area contributed by atoms with Crippen molar-refractivity contribution in [2.24, 2.45) is 0 Å². The van der Waals surface area contributed by atoms with Crippen LogP contribution in [-0.4, -0.2) is 8.64 Å². The Morgan fingerprint density at radius 2 is 1.10 bits per heavy atom. The first-order chi connectivity index (χ1) is 20.0. The minimum atomic E-state index is 0.753. The smallest absolute Gasteiger partial charge is 0.143 e. The predicted molar refractivity (Wildman–Crippen MR) is 193 cm³/mol. The second-order valence-electron chi connectivity index (χ2n) is 10.6. The molecule has 0 aromatic heterocycles. The van der Waals surface area contributed by atoms with Gasteiger partial charge in [0.1, 0.15) is 8.64 Å². The van der Waals surface area contributed by atoms with E-state index in [1.807, 2.05) is 0 Å². The van der Waals surface area contributed by atoms with E-state index in [1.165, 1.54) is 85.1 Å². The number of anilines is 2. The summed E-state index contributed by atoms with van der Waals surface area (Å²) in [6.07, 6.45) is 15.1. The van der Waals surface area contributed by atoms with Crippen LogP contribution in [-0.2, 0) is 12.8 Å². The van der Waals surface area contributed by atoms with Crippen LogP contribution in [0.25, 0.3) is 0 Å². The lowest BCUT2D eigenvalue weighted by Gasteiger charge is -2.15. The van der Waals surface area contributed by atoms with E-state index in [1.54, 1.807) is 23.5 Å². The molecule has 220 valence electrons. The minimum absolute atomic E-state index is 0.753. The highest BCUT2D eigenvalue weighted by atomic mass is 32.2. The van der Waals surface area contributed by atoms with Crippen LogP contribution < -0.4 is 10.6 Å². The number of unbranched alkanes of at least 4 members (excludes halogenated alkanes) is 8. The summed E-state index contributed by atoms with van der Waals surface area (Å²) in [5, 5.41) is 6.93. The second-order valence-corrected chi connectivity index (χ2v) is 14.0. The number of hydrogen-bond donors (Lipinski definition) is 2. The molecule has 2 N–H and O–H groups in total. The average molecular weight is 623 g/mol. The molecule has 6 heteroatoms. The van der Waals surface area contributed by atoms with Crippen molar-refractivity contribution in [2.45, 2.75) is 108 Å². The summed E-state index contributed by atoms with van der Waals surface area (Å²) in [5.74, 6) is 0. The van der Waals surface area contributed by atoms with Crippen LogP contribution in [0.3, 0.4) is 0 Å².